The van der Waals surface area contributed by atoms with Crippen LogP contribution in [0.3, 0.4) is 0 Å². The molecule has 0 radical (unpaired) electrons. The van der Waals surface area contributed by atoms with Gasteiger partial charge in [-0.15, -0.1) is 0 Å². The molecular formula is C23H24FN2O3+. The summed E-state index contributed by atoms with van der Waals surface area (Å²) in [4.78, 5) is 13.4. The van der Waals surface area contributed by atoms with Crippen LogP contribution in [0.15, 0.2) is 72.8 Å². The molecule has 5 nitrogen and oxygen atoms in total. The van der Waals surface area contributed by atoms with E-state index in [9.17, 15) is 9.18 Å². The standard InChI is InChI=1S/C23H23FN2O3/c1-26(15-17-12-13-21(28-2)19(24)14-17)16-23(27)25-20-10-6-7-11-22(20)29-18-8-4-3-5-9-18/h3-14H,15-16H2,1-2H3,(H,25,27)/p+1. The van der Waals surface area contributed by atoms with Crippen LogP contribution in [0.4, 0.5) is 10.1 Å². The fourth-order valence-electron chi connectivity index (χ4n) is 2.97. The second-order valence-electron chi connectivity index (χ2n) is 6.74. The van der Waals surface area contributed by atoms with Crippen molar-refractivity contribution in [2.24, 2.45) is 0 Å². The lowest BCUT2D eigenvalue weighted by molar-refractivity contribution is -0.885. The van der Waals surface area contributed by atoms with Crippen molar-refractivity contribution in [1.82, 2.24) is 0 Å². The van der Waals surface area contributed by atoms with Gasteiger partial charge >= 0.3 is 0 Å². The Balaban J connectivity index is 1.60. The molecule has 3 rings (SSSR count). The molecule has 0 spiro atoms. The summed E-state index contributed by atoms with van der Waals surface area (Å²) in [7, 11) is 3.31. The number of likely N-dealkylation sites (N-methyl/N-ethyl adjacent to an activating group) is 1. The van der Waals surface area contributed by atoms with Crippen molar-refractivity contribution in [3.05, 3.63) is 84.2 Å². The van der Waals surface area contributed by atoms with Crippen molar-refractivity contribution in [1.29, 1.82) is 0 Å². The van der Waals surface area contributed by atoms with Gasteiger partial charge in [0.05, 0.1) is 19.8 Å². The van der Waals surface area contributed by atoms with Gasteiger partial charge in [-0.1, -0.05) is 30.3 Å². The van der Waals surface area contributed by atoms with Gasteiger partial charge in [-0.3, -0.25) is 4.79 Å². The van der Waals surface area contributed by atoms with Crippen LogP contribution in [-0.2, 0) is 11.3 Å². The molecule has 3 aromatic carbocycles. The van der Waals surface area contributed by atoms with Crippen LogP contribution in [-0.4, -0.2) is 26.6 Å². The first-order chi connectivity index (χ1) is 14.0. The number of quaternary nitrogens is 1. The number of halogens is 1. The van der Waals surface area contributed by atoms with E-state index in [4.69, 9.17) is 9.47 Å². The summed E-state index contributed by atoms with van der Waals surface area (Å²) in [5.41, 5.74) is 1.39. The molecule has 6 heteroatoms. The lowest BCUT2D eigenvalue weighted by atomic mass is 10.2. The highest BCUT2D eigenvalue weighted by Crippen LogP contribution is 2.28. The van der Waals surface area contributed by atoms with Gasteiger partial charge in [0.15, 0.2) is 23.9 Å². The molecule has 150 valence electrons. The van der Waals surface area contributed by atoms with Crippen LogP contribution in [0.1, 0.15) is 5.56 Å². The van der Waals surface area contributed by atoms with E-state index in [0.29, 0.717) is 23.7 Å². The molecule has 1 unspecified atom stereocenters. The zero-order valence-electron chi connectivity index (χ0n) is 16.4. The number of rotatable bonds is 8. The Morgan fingerprint density at radius 3 is 2.45 bits per heavy atom. The lowest BCUT2D eigenvalue weighted by Crippen LogP contribution is -3.08. The lowest BCUT2D eigenvalue weighted by Gasteiger charge is -2.16. The average Bonchev–Trinajstić information content (AvgIpc) is 2.70. The average molecular weight is 395 g/mol. The number of para-hydroxylation sites is 3. The van der Waals surface area contributed by atoms with Crippen LogP contribution >= 0.6 is 0 Å². The highest BCUT2D eigenvalue weighted by Gasteiger charge is 2.14. The highest BCUT2D eigenvalue weighted by molar-refractivity contribution is 5.93. The molecule has 1 amide bonds. The van der Waals surface area contributed by atoms with Gasteiger partial charge in [-0.2, -0.15) is 0 Å². The number of hydrogen-bond donors (Lipinski definition) is 2. The predicted molar refractivity (Wildman–Crippen MR) is 110 cm³/mol. The summed E-state index contributed by atoms with van der Waals surface area (Å²) in [5, 5.41) is 2.90. The van der Waals surface area contributed by atoms with Gasteiger partial charge in [-0.25, -0.2) is 4.39 Å². The molecule has 0 bridgehead atoms. The van der Waals surface area contributed by atoms with Gasteiger partial charge < -0.3 is 19.7 Å². The molecule has 0 aliphatic heterocycles. The number of anilines is 1. The van der Waals surface area contributed by atoms with Gasteiger partial charge in [0.1, 0.15) is 12.3 Å². The van der Waals surface area contributed by atoms with Crippen molar-refractivity contribution in [2.75, 3.05) is 26.0 Å². The highest BCUT2D eigenvalue weighted by atomic mass is 19.1. The maximum absolute atomic E-state index is 13.8. The number of ether oxygens (including phenoxy) is 2. The summed E-state index contributed by atoms with van der Waals surface area (Å²) < 4.78 is 24.6. The Labute approximate surface area is 169 Å². The normalized spacial score (nSPS) is 11.6. The van der Waals surface area contributed by atoms with E-state index in [1.165, 1.54) is 13.2 Å². The van der Waals surface area contributed by atoms with E-state index >= 15 is 0 Å². The molecule has 0 aromatic heterocycles. The molecule has 0 fully saturated rings. The van der Waals surface area contributed by atoms with Crippen molar-refractivity contribution < 1.29 is 23.6 Å². The van der Waals surface area contributed by atoms with Gasteiger partial charge in [0.25, 0.3) is 5.91 Å². The van der Waals surface area contributed by atoms with E-state index in [1.807, 2.05) is 49.5 Å². The van der Waals surface area contributed by atoms with Crippen LogP contribution in [0.2, 0.25) is 0 Å². The van der Waals surface area contributed by atoms with Crippen molar-refractivity contribution >= 4 is 11.6 Å². The molecule has 0 aliphatic carbocycles. The smallest absolute Gasteiger partial charge is 0.279 e. The molecular weight excluding hydrogens is 371 g/mol. The summed E-state index contributed by atoms with van der Waals surface area (Å²) in [6.45, 7) is 0.740. The Bertz CT molecular complexity index is 963. The van der Waals surface area contributed by atoms with Crippen molar-refractivity contribution in [2.45, 2.75) is 6.54 Å². The Hall–Kier alpha value is -3.38. The van der Waals surface area contributed by atoms with Crippen molar-refractivity contribution in [3.63, 3.8) is 0 Å². The first kappa shape index (κ1) is 20.4. The molecule has 2 N–H and O–H groups in total. The minimum atomic E-state index is -0.408. The third-order valence-corrected chi connectivity index (χ3v) is 4.32. The summed E-state index contributed by atoms with van der Waals surface area (Å²) >= 11 is 0. The zero-order valence-corrected chi connectivity index (χ0v) is 16.4. The van der Waals surface area contributed by atoms with Crippen LogP contribution < -0.4 is 19.7 Å². The molecule has 0 aliphatic rings. The largest absolute Gasteiger partial charge is 0.494 e. The number of amides is 1. The zero-order chi connectivity index (χ0) is 20.6. The Morgan fingerprint density at radius 2 is 1.72 bits per heavy atom. The number of carbonyl (C=O) groups excluding carboxylic acids is 1. The molecule has 0 saturated carbocycles. The Morgan fingerprint density at radius 1 is 1.00 bits per heavy atom. The summed E-state index contributed by atoms with van der Waals surface area (Å²) in [6.07, 6.45) is 0. The molecule has 29 heavy (non-hydrogen) atoms. The molecule has 0 heterocycles. The van der Waals surface area contributed by atoms with E-state index in [2.05, 4.69) is 5.32 Å². The van der Waals surface area contributed by atoms with Gasteiger partial charge in [0.2, 0.25) is 0 Å². The predicted octanol–water partition coefficient (Wildman–Crippen LogP) is 3.28. The maximum Gasteiger partial charge on any atom is 0.279 e. The van der Waals surface area contributed by atoms with E-state index < -0.39 is 5.82 Å². The molecule has 1 atom stereocenters. The monoisotopic (exact) mass is 395 g/mol. The van der Waals surface area contributed by atoms with E-state index in [1.54, 1.807) is 24.3 Å². The Kier molecular flexibility index (Phi) is 6.81. The summed E-state index contributed by atoms with van der Waals surface area (Å²) in [6, 6.07) is 21.5. The third-order valence-electron chi connectivity index (χ3n) is 4.32. The van der Waals surface area contributed by atoms with Crippen LogP contribution in [0, 0.1) is 5.82 Å². The van der Waals surface area contributed by atoms with Gasteiger partial charge in [0, 0.05) is 5.56 Å². The molecule has 3 aromatic rings. The second kappa shape index (κ2) is 9.71. The van der Waals surface area contributed by atoms with E-state index in [-0.39, 0.29) is 18.2 Å². The molecule has 0 saturated heterocycles. The first-order valence-corrected chi connectivity index (χ1v) is 9.30. The number of hydrogen-bond acceptors (Lipinski definition) is 3. The minimum absolute atomic E-state index is 0.152. The van der Waals surface area contributed by atoms with Crippen LogP contribution in [0.5, 0.6) is 17.2 Å². The second-order valence-corrected chi connectivity index (χ2v) is 6.74. The minimum Gasteiger partial charge on any atom is -0.494 e. The third kappa shape index (κ3) is 5.80. The number of benzene rings is 3. The van der Waals surface area contributed by atoms with Crippen LogP contribution in [0.25, 0.3) is 0 Å². The fourth-order valence-corrected chi connectivity index (χ4v) is 2.97. The fraction of sp³-hybridized carbons (Fsp3) is 0.174. The number of methoxy groups -OCH3 is 1. The van der Waals surface area contributed by atoms with Crippen molar-refractivity contribution in [3.8, 4) is 17.2 Å². The quantitative estimate of drug-likeness (QED) is 0.616. The van der Waals surface area contributed by atoms with E-state index in [0.717, 1.165) is 10.5 Å². The maximum atomic E-state index is 13.8. The van der Waals surface area contributed by atoms with Gasteiger partial charge in [-0.05, 0) is 42.5 Å². The SMILES string of the molecule is COc1ccc(C[NH+](C)CC(=O)Nc2ccccc2Oc2ccccc2)cc1F. The summed E-state index contributed by atoms with van der Waals surface area (Å²) in [5.74, 6) is 0.911. The number of nitrogens with one attached hydrogen (secondary N) is 2. The number of carbonyl (C=O) groups is 1. The topological polar surface area (TPSA) is 52.0 Å². The first-order valence-electron chi connectivity index (χ1n) is 9.30.